The average molecular weight is 492 g/mol. The van der Waals surface area contributed by atoms with Crippen molar-refractivity contribution in [3.63, 3.8) is 0 Å². The predicted octanol–water partition coefficient (Wildman–Crippen LogP) is 5.54. The van der Waals surface area contributed by atoms with E-state index in [1.807, 2.05) is 73.7 Å². The normalized spacial score (nSPS) is 11.5. The first-order chi connectivity index (χ1) is 16.5. The summed E-state index contributed by atoms with van der Waals surface area (Å²) in [5, 5.41) is 18.1. The van der Waals surface area contributed by atoms with Gasteiger partial charge in [-0.1, -0.05) is 89.7 Å². The van der Waals surface area contributed by atoms with Crippen molar-refractivity contribution in [1.29, 1.82) is 0 Å². The van der Waals surface area contributed by atoms with Gasteiger partial charge in [-0.15, -0.1) is 10.2 Å². The third-order valence-corrected chi connectivity index (χ3v) is 6.31. The third kappa shape index (κ3) is 6.18. The number of benzene rings is 3. The van der Waals surface area contributed by atoms with Gasteiger partial charge < -0.3 is 10.6 Å². The highest BCUT2D eigenvalue weighted by Gasteiger charge is 2.23. The van der Waals surface area contributed by atoms with Crippen molar-refractivity contribution in [2.75, 3.05) is 10.6 Å². The molecule has 0 radical (unpaired) electrons. The monoisotopic (exact) mass is 491 g/mol. The molecule has 4 aromatic rings. The predicted molar refractivity (Wildman–Crippen MR) is 136 cm³/mol. The summed E-state index contributed by atoms with van der Waals surface area (Å²) < 4.78 is 0. The van der Waals surface area contributed by atoms with Gasteiger partial charge in [0.15, 0.2) is 0 Å². The van der Waals surface area contributed by atoms with E-state index < -0.39 is 18.0 Å². The summed E-state index contributed by atoms with van der Waals surface area (Å²) in [5.74, 6) is -0.392. The van der Waals surface area contributed by atoms with Gasteiger partial charge in [-0.3, -0.25) is 10.1 Å². The molecule has 1 aromatic heterocycles. The van der Waals surface area contributed by atoms with Crippen molar-refractivity contribution in [3.8, 4) is 10.6 Å². The zero-order chi connectivity index (χ0) is 23.9. The molecular weight excluding hydrogens is 470 g/mol. The Morgan fingerprint density at radius 3 is 2.35 bits per heavy atom. The Labute approximate surface area is 206 Å². The van der Waals surface area contributed by atoms with Gasteiger partial charge in [-0.05, 0) is 30.2 Å². The molecule has 0 saturated heterocycles. The molecule has 3 aromatic carbocycles. The molecule has 34 heavy (non-hydrogen) atoms. The van der Waals surface area contributed by atoms with Gasteiger partial charge in [-0.25, -0.2) is 4.79 Å². The van der Waals surface area contributed by atoms with Crippen LogP contribution < -0.4 is 16.0 Å². The Hall–Kier alpha value is -3.75. The molecule has 3 amide bonds. The molecule has 172 valence electrons. The standard InChI is InChI=1S/C25H22ClN5O2S/c1-16-12-13-19(15-20(16)26)27-24(33)28-21(14-17-8-4-2-5-9-17)22(32)29-25-31-30-23(34-25)18-10-6-3-7-11-18/h2-13,15,21H,14H2,1H3,(H2,27,28,33)(H,29,31,32). The van der Waals surface area contributed by atoms with E-state index in [-0.39, 0.29) is 0 Å². The Morgan fingerprint density at radius 1 is 0.941 bits per heavy atom. The first kappa shape index (κ1) is 23.4. The zero-order valence-electron chi connectivity index (χ0n) is 18.3. The maximum atomic E-state index is 13.1. The van der Waals surface area contributed by atoms with Crippen LogP contribution in [0.4, 0.5) is 15.6 Å². The molecule has 0 aliphatic carbocycles. The van der Waals surface area contributed by atoms with E-state index in [0.29, 0.717) is 27.3 Å². The maximum absolute atomic E-state index is 13.1. The number of halogens is 1. The second-order valence-electron chi connectivity index (χ2n) is 7.57. The molecule has 1 heterocycles. The lowest BCUT2D eigenvalue weighted by molar-refractivity contribution is -0.117. The molecular formula is C25H22ClN5O2S. The maximum Gasteiger partial charge on any atom is 0.319 e. The molecule has 1 atom stereocenters. The SMILES string of the molecule is Cc1ccc(NC(=O)NC(Cc2ccccc2)C(=O)Nc2nnc(-c3ccccc3)s2)cc1Cl. The lowest BCUT2D eigenvalue weighted by Crippen LogP contribution is -2.46. The van der Waals surface area contributed by atoms with E-state index in [2.05, 4.69) is 26.1 Å². The Morgan fingerprint density at radius 2 is 1.65 bits per heavy atom. The van der Waals surface area contributed by atoms with Gasteiger partial charge in [-0.2, -0.15) is 0 Å². The molecule has 9 heteroatoms. The molecule has 0 aliphatic heterocycles. The van der Waals surface area contributed by atoms with Gasteiger partial charge in [0.25, 0.3) is 0 Å². The van der Waals surface area contributed by atoms with Crippen LogP contribution in [0.3, 0.4) is 0 Å². The minimum absolute atomic E-state index is 0.305. The van der Waals surface area contributed by atoms with Gasteiger partial charge in [0.1, 0.15) is 11.0 Å². The van der Waals surface area contributed by atoms with Crippen molar-refractivity contribution >= 4 is 45.7 Å². The van der Waals surface area contributed by atoms with E-state index in [1.165, 1.54) is 11.3 Å². The van der Waals surface area contributed by atoms with Crippen LogP contribution in [-0.4, -0.2) is 28.2 Å². The summed E-state index contributed by atoms with van der Waals surface area (Å²) >= 11 is 7.42. The van der Waals surface area contributed by atoms with Crippen molar-refractivity contribution in [1.82, 2.24) is 15.5 Å². The summed E-state index contributed by atoms with van der Waals surface area (Å²) in [6, 6.07) is 22.9. The number of nitrogens with one attached hydrogen (secondary N) is 3. The number of carbonyl (C=O) groups excluding carboxylic acids is 2. The quantitative estimate of drug-likeness (QED) is 0.316. The molecule has 0 spiro atoms. The van der Waals surface area contributed by atoms with Crippen LogP contribution >= 0.6 is 22.9 Å². The highest BCUT2D eigenvalue weighted by molar-refractivity contribution is 7.18. The van der Waals surface area contributed by atoms with Crippen LogP contribution in [0.5, 0.6) is 0 Å². The van der Waals surface area contributed by atoms with Gasteiger partial charge >= 0.3 is 6.03 Å². The fourth-order valence-corrected chi connectivity index (χ4v) is 4.15. The van der Waals surface area contributed by atoms with Crippen LogP contribution in [0.1, 0.15) is 11.1 Å². The highest BCUT2D eigenvalue weighted by Crippen LogP contribution is 2.26. The highest BCUT2D eigenvalue weighted by atomic mass is 35.5. The Balaban J connectivity index is 1.47. The van der Waals surface area contributed by atoms with Crippen molar-refractivity contribution in [3.05, 3.63) is 95.0 Å². The zero-order valence-corrected chi connectivity index (χ0v) is 19.9. The van der Waals surface area contributed by atoms with Crippen molar-refractivity contribution in [2.24, 2.45) is 0 Å². The first-order valence-electron chi connectivity index (χ1n) is 10.6. The lowest BCUT2D eigenvalue weighted by Gasteiger charge is -2.18. The number of hydrogen-bond acceptors (Lipinski definition) is 5. The van der Waals surface area contributed by atoms with Crippen LogP contribution in [-0.2, 0) is 11.2 Å². The van der Waals surface area contributed by atoms with E-state index in [0.717, 1.165) is 16.7 Å². The number of hydrogen-bond donors (Lipinski definition) is 3. The summed E-state index contributed by atoms with van der Waals surface area (Å²) in [7, 11) is 0. The van der Waals surface area contributed by atoms with Gasteiger partial charge in [0, 0.05) is 22.7 Å². The Kier molecular flexibility index (Phi) is 7.51. The minimum atomic E-state index is -0.840. The molecule has 4 rings (SSSR count). The number of aryl methyl sites for hydroxylation is 1. The number of carbonyl (C=O) groups is 2. The van der Waals surface area contributed by atoms with E-state index in [1.54, 1.807) is 12.1 Å². The molecule has 3 N–H and O–H groups in total. The molecule has 0 saturated carbocycles. The third-order valence-electron chi connectivity index (χ3n) is 5.01. The smallest absolute Gasteiger partial charge is 0.319 e. The average Bonchev–Trinajstić information content (AvgIpc) is 3.31. The summed E-state index contributed by atoms with van der Waals surface area (Å²) in [6.07, 6.45) is 0.305. The topological polar surface area (TPSA) is 96.0 Å². The number of amides is 3. The summed E-state index contributed by atoms with van der Waals surface area (Å²) in [4.78, 5) is 25.8. The minimum Gasteiger partial charge on any atom is -0.326 e. The number of anilines is 2. The number of urea groups is 1. The van der Waals surface area contributed by atoms with Gasteiger partial charge in [0.2, 0.25) is 11.0 Å². The fraction of sp³-hybridized carbons (Fsp3) is 0.120. The van der Waals surface area contributed by atoms with Crippen LogP contribution in [0.25, 0.3) is 10.6 Å². The molecule has 0 aliphatic rings. The van der Waals surface area contributed by atoms with Crippen LogP contribution in [0, 0.1) is 6.92 Å². The molecule has 0 bridgehead atoms. The second-order valence-corrected chi connectivity index (χ2v) is 8.96. The lowest BCUT2D eigenvalue weighted by atomic mass is 10.1. The fourth-order valence-electron chi connectivity index (χ4n) is 3.22. The van der Waals surface area contributed by atoms with Crippen molar-refractivity contribution < 1.29 is 9.59 Å². The molecule has 7 nitrogen and oxygen atoms in total. The van der Waals surface area contributed by atoms with Crippen LogP contribution in [0.2, 0.25) is 5.02 Å². The summed E-state index contributed by atoms with van der Waals surface area (Å²) in [6.45, 7) is 1.88. The Bertz CT molecular complexity index is 1280. The first-order valence-corrected chi connectivity index (χ1v) is 11.7. The van der Waals surface area contributed by atoms with Crippen LogP contribution in [0.15, 0.2) is 78.9 Å². The van der Waals surface area contributed by atoms with E-state index in [9.17, 15) is 9.59 Å². The molecule has 0 fully saturated rings. The number of rotatable bonds is 7. The summed E-state index contributed by atoms with van der Waals surface area (Å²) in [5.41, 5.74) is 3.25. The number of aromatic nitrogens is 2. The number of nitrogens with zero attached hydrogens (tertiary/aromatic N) is 2. The van der Waals surface area contributed by atoms with Gasteiger partial charge in [0.05, 0.1) is 0 Å². The van der Waals surface area contributed by atoms with E-state index in [4.69, 9.17) is 11.6 Å². The second kappa shape index (κ2) is 10.9. The molecule has 1 unspecified atom stereocenters. The van der Waals surface area contributed by atoms with Crippen molar-refractivity contribution in [2.45, 2.75) is 19.4 Å². The van der Waals surface area contributed by atoms with E-state index >= 15 is 0 Å². The largest absolute Gasteiger partial charge is 0.326 e.